The maximum absolute atomic E-state index is 15.1. The first-order valence-electron chi connectivity index (χ1n) is 21.7. The van der Waals surface area contributed by atoms with E-state index in [4.69, 9.17) is 38.1 Å². The van der Waals surface area contributed by atoms with Crippen LogP contribution < -0.4 is 0 Å². The third-order valence-corrected chi connectivity index (χ3v) is 14.0. The number of likely N-dealkylation sites (N-methyl/N-ethyl adjacent to an activating group) is 1. The highest BCUT2D eigenvalue weighted by molar-refractivity contribution is 5.99. The Morgan fingerprint density at radius 2 is 1.76 bits per heavy atom. The lowest BCUT2D eigenvalue weighted by atomic mass is 9.67. The molecule has 0 spiro atoms. The molecule has 2 aliphatic heterocycles. The van der Waals surface area contributed by atoms with E-state index in [1.54, 1.807) is 21.3 Å². The summed E-state index contributed by atoms with van der Waals surface area (Å²) in [5, 5.41) is 0. The second kappa shape index (κ2) is 18.7. The zero-order valence-corrected chi connectivity index (χ0v) is 36.1. The number of nitrogens with one attached hydrogen (secondary N) is 1. The van der Waals surface area contributed by atoms with Crippen LogP contribution in [0.5, 0.6) is 0 Å². The first-order chi connectivity index (χ1) is 27.9. The highest BCUT2D eigenvalue weighted by Crippen LogP contribution is 2.61. The van der Waals surface area contributed by atoms with Crippen molar-refractivity contribution >= 4 is 11.8 Å². The molecule has 320 valence electrons. The number of allylic oxidation sites excluding steroid dienone is 2. The minimum absolute atomic E-state index is 0.0134. The molecule has 2 unspecified atom stereocenters. The second-order valence-corrected chi connectivity index (χ2v) is 17.8. The van der Waals surface area contributed by atoms with Crippen LogP contribution >= 0.6 is 0 Å². The number of aromatic amines is 1. The fourth-order valence-corrected chi connectivity index (χ4v) is 10.8. The van der Waals surface area contributed by atoms with E-state index < -0.39 is 24.2 Å². The standard InChI is InChI=1S/C46H67N3O9/c1-10-29-12-11-13-37(58-40-19-18-36(49(5)6)27(4)55-40)26(3)44(51)35-22-32-31-20-30(57-46(54-9)38(53-8)24-52-7)21-34(31)42-43(41(32)33(35)23-39(50)56-29)48-45(47-42)28-16-14-25(2)15-17-28/h14-17,22,26-27,29-34,36-38,40-41,46H,10-13,18-21,23-24H2,1-9H3,(H,47,48)/t26-,27?,29+,30+,31+,32+,33-,34-,36+,37+,38+,40+,41-,46?/m1/s1. The van der Waals surface area contributed by atoms with Crippen LogP contribution in [0.15, 0.2) is 35.9 Å². The van der Waals surface area contributed by atoms with Gasteiger partial charge in [-0.2, -0.15) is 0 Å². The number of hydrogen-bond donors (Lipinski definition) is 1. The van der Waals surface area contributed by atoms with E-state index in [0.717, 1.165) is 67.7 Å². The van der Waals surface area contributed by atoms with Gasteiger partial charge in [-0.05, 0) is 96.7 Å². The summed E-state index contributed by atoms with van der Waals surface area (Å²) in [7, 11) is 9.08. The number of hydrogen-bond acceptors (Lipinski definition) is 11. The zero-order chi connectivity index (χ0) is 41.2. The van der Waals surface area contributed by atoms with E-state index in [1.807, 2.05) is 6.92 Å². The lowest BCUT2D eigenvalue weighted by molar-refractivity contribution is -0.231. The smallest absolute Gasteiger partial charge is 0.306 e. The van der Waals surface area contributed by atoms with Crippen molar-refractivity contribution in [1.29, 1.82) is 0 Å². The molecule has 1 aromatic carbocycles. The number of benzene rings is 1. The fourth-order valence-electron chi connectivity index (χ4n) is 10.8. The van der Waals surface area contributed by atoms with Crippen LogP contribution in [0.1, 0.15) is 107 Å². The second-order valence-electron chi connectivity index (χ2n) is 17.8. The highest BCUT2D eigenvalue weighted by Gasteiger charge is 2.56. The minimum atomic E-state index is -0.613. The third-order valence-electron chi connectivity index (χ3n) is 14.0. The van der Waals surface area contributed by atoms with Gasteiger partial charge in [0.2, 0.25) is 0 Å². The van der Waals surface area contributed by atoms with Crippen molar-refractivity contribution in [1.82, 2.24) is 14.9 Å². The Hall–Kier alpha value is -2.97. The number of Topliss-reactive ketones (excluding diaryl/α,β-unsaturated/α-hetero) is 1. The highest BCUT2D eigenvalue weighted by atomic mass is 16.7. The molecular formula is C46H67N3O9. The van der Waals surface area contributed by atoms with E-state index in [0.29, 0.717) is 24.6 Å². The number of cyclic esters (lactones) is 1. The van der Waals surface area contributed by atoms with Crippen LogP contribution in [0.3, 0.4) is 0 Å². The van der Waals surface area contributed by atoms with Gasteiger partial charge in [-0.25, -0.2) is 4.98 Å². The SMILES string of the molecule is CC[C@H]1CCC[C@H](O[C@H]2CC[C@H](N(C)C)C(C)O2)[C@@H](C)C(=O)C2=C[C@H]3[C@@H]4C[C@H](OC(OC)[C@H](COC)OC)C[C@H]4c4[nH]c(-c5ccc(C)cc5)nc4[C@H]3[C@@H]2CC(=O)O1. The molecular weight excluding hydrogens is 739 g/mol. The normalized spacial score (nSPS) is 35.2. The van der Waals surface area contributed by atoms with Crippen molar-refractivity contribution in [3.05, 3.63) is 52.9 Å². The maximum atomic E-state index is 15.1. The van der Waals surface area contributed by atoms with Gasteiger partial charge < -0.3 is 43.0 Å². The van der Waals surface area contributed by atoms with Crippen LogP contribution in [0.4, 0.5) is 0 Å². The van der Waals surface area contributed by atoms with Gasteiger partial charge in [0.05, 0.1) is 37.0 Å². The molecule has 3 heterocycles. The summed E-state index contributed by atoms with van der Waals surface area (Å²) >= 11 is 0. The van der Waals surface area contributed by atoms with E-state index in [2.05, 4.69) is 75.1 Å². The zero-order valence-electron chi connectivity index (χ0n) is 36.1. The Morgan fingerprint density at radius 3 is 2.43 bits per heavy atom. The molecule has 0 radical (unpaired) electrons. The van der Waals surface area contributed by atoms with Gasteiger partial charge in [-0.1, -0.05) is 49.8 Å². The number of esters is 1. The van der Waals surface area contributed by atoms with Gasteiger partial charge in [0.15, 0.2) is 18.4 Å². The molecule has 3 aliphatic carbocycles. The molecule has 2 aromatic rings. The van der Waals surface area contributed by atoms with Crippen molar-refractivity contribution in [3.8, 4) is 11.4 Å². The number of ketones is 1. The number of carbonyl (C=O) groups excluding carboxylic acids is 2. The first-order valence-corrected chi connectivity index (χ1v) is 21.7. The topological polar surface area (TPSA) is 131 Å². The number of ether oxygens (including phenoxy) is 7. The van der Waals surface area contributed by atoms with E-state index in [1.165, 1.54) is 5.56 Å². The number of aryl methyl sites for hydroxylation is 1. The molecule has 0 bridgehead atoms. The van der Waals surface area contributed by atoms with Crippen LogP contribution in [-0.4, -0.2) is 118 Å². The van der Waals surface area contributed by atoms with Crippen molar-refractivity contribution in [3.63, 3.8) is 0 Å². The minimum Gasteiger partial charge on any atom is -0.462 e. The molecule has 1 N–H and O–H groups in total. The van der Waals surface area contributed by atoms with E-state index in [9.17, 15) is 4.79 Å². The summed E-state index contributed by atoms with van der Waals surface area (Å²) in [6, 6.07) is 8.70. The molecule has 12 nitrogen and oxygen atoms in total. The molecule has 58 heavy (non-hydrogen) atoms. The molecule has 12 heteroatoms. The van der Waals surface area contributed by atoms with Crippen molar-refractivity contribution in [2.75, 3.05) is 42.0 Å². The molecule has 5 aliphatic rings. The summed E-state index contributed by atoms with van der Waals surface area (Å²) in [6.45, 7) is 8.60. The third kappa shape index (κ3) is 8.90. The molecule has 7 rings (SSSR count). The van der Waals surface area contributed by atoms with Crippen LogP contribution in [-0.2, 0) is 42.7 Å². The molecule has 1 aromatic heterocycles. The predicted octanol–water partition coefficient (Wildman–Crippen LogP) is 7.11. The monoisotopic (exact) mass is 805 g/mol. The average molecular weight is 806 g/mol. The Balaban J connectivity index is 1.25. The van der Waals surface area contributed by atoms with Crippen LogP contribution in [0.25, 0.3) is 11.4 Å². The largest absolute Gasteiger partial charge is 0.462 e. The van der Waals surface area contributed by atoms with Gasteiger partial charge in [0.1, 0.15) is 18.0 Å². The van der Waals surface area contributed by atoms with Gasteiger partial charge >= 0.3 is 5.97 Å². The Bertz CT molecular complexity index is 1740. The quantitative estimate of drug-likeness (QED) is 0.174. The Labute approximate surface area is 345 Å². The lowest BCUT2D eigenvalue weighted by Crippen LogP contribution is -2.47. The van der Waals surface area contributed by atoms with Crippen molar-refractivity contribution in [2.45, 2.75) is 146 Å². The van der Waals surface area contributed by atoms with Crippen molar-refractivity contribution in [2.24, 2.45) is 23.7 Å². The van der Waals surface area contributed by atoms with Crippen molar-refractivity contribution < 1.29 is 42.7 Å². The van der Waals surface area contributed by atoms with Crippen LogP contribution in [0.2, 0.25) is 0 Å². The molecule has 0 amide bonds. The number of H-pyrrole nitrogens is 1. The van der Waals surface area contributed by atoms with Gasteiger partial charge in [-0.15, -0.1) is 0 Å². The number of fused-ring (bicyclic) bond motifs is 8. The molecule has 3 fully saturated rings. The fraction of sp³-hybridized carbons (Fsp3) is 0.717. The number of carbonyl (C=O) groups is 2. The Morgan fingerprint density at radius 1 is 0.983 bits per heavy atom. The molecule has 1 saturated carbocycles. The van der Waals surface area contributed by atoms with Gasteiger partial charge in [0, 0.05) is 62.3 Å². The van der Waals surface area contributed by atoms with Crippen LogP contribution in [0, 0.1) is 30.6 Å². The van der Waals surface area contributed by atoms with Gasteiger partial charge in [-0.3, -0.25) is 9.59 Å². The van der Waals surface area contributed by atoms with E-state index in [-0.39, 0.29) is 72.6 Å². The summed E-state index contributed by atoms with van der Waals surface area (Å²) in [6.07, 6.45) is 6.44. The number of rotatable bonds is 12. The molecule has 2 saturated heterocycles. The predicted molar refractivity (Wildman–Crippen MR) is 219 cm³/mol. The number of aromatic nitrogens is 2. The summed E-state index contributed by atoms with van der Waals surface area (Å²) in [5.41, 5.74) is 4.89. The summed E-state index contributed by atoms with van der Waals surface area (Å²) < 4.78 is 43.1. The summed E-state index contributed by atoms with van der Waals surface area (Å²) in [4.78, 5) is 40.4. The van der Waals surface area contributed by atoms with E-state index >= 15 is 4.79 Å². The summed E-state index contributed by atoms with van der Waals surface area (Å²) in [5.74, 6) is -0.210. The first kappa shape index (κ1) is 43.1. The number of imidazole rings is 1. The lowest BCUT2D eigenvalue weighted by Gasteiger charge is -2.40. The van der Waals surface area contributed by atoms with Gasteiger partial charge in [0.25, 0.3) is 0 Å². The Kier molecular flexibility index (Phi) is 13.9. The number of methoxy groups -OCH3 is 3. The average Bonchev–Trinajstić information content (AvgIpc) is 3.93. The molecule has 14 atom stereocenters. The number of nitrogens with zero attached hydrogens (tertiary/aromatic N) is 2. The maximum Gasteiger partial charge on any atom is 0.306 e.